The molecule has 1 atom stereocenters. The Morgan fingerprint density at radius 2 is 1.95 bits per heavy atom. The Hall–Kier alpha value is -2.64. The van der Waals surface area contributed by atoms with Gasteiger partial charge in [0.2, 0.25) is 11.8 Å². The van der Waals surface area contributed by atoms with Crippen molar-refractivity contribution >= 4 is 11.6 Å². The molecule has 3 heterocycles. The van der Waals surface area contributed by atoms with Crippen molar-refractivity contribution in [3.63, 3.8) is 0 Å². The van der Waals surface area contributed by atoms with Gasteiger partial charge in [-0.3, -0.25) is 4.79 Å². The second kappa shape index (κ2) is 5.28. The third kappa shape index (κ3) is 2.36. The van der Waals surface area contributed by atoms with Crippen LogP contribution in [-0.2, 0) is 7.05 Å². The number of carbonyl (C=O) groups is 1. The standard InChI is InChI=1S/C14H18N6O2/c1-8(2)12-17-18-13(22-12)9(3)16-11(21)10-7-15-20-6-5-19(4)14(10)20/h5-9H,1-4H3,(H,16,21)/t9-/m1/s1. The molecule has 0 aliphatic rings. The van der Waals surface area contributed by atoms with E-state index in [-0.39, 0.29) is 17.9 Å². The number of hydrogen-bond donors (Lipinski definition) is 1. The van der Waals surface area contributed by atoms with Crippen LogP contribution in [0.5, 0.6) is 0 Å². The van der Waals surface area contributed by atoms with E-state index in [9.17, 15) is 4.79 Å². The van der Waals surface area contributed by atoms with E-state index >= 15 is 0 Å². The fourth-order valence-corrected chi connectivity index (χ4v) is 2.20. The van der Waals surface area contributed by atoms with Gasteiger partial charge in [-0.2, -0.15) is 5.10 Å². The summed E-state index contributed by atoms with van der Waals surface area (Å²) in [7, 11) is 1.87. The van der Waals surface area contributed by atoms with Gasteiger partial charge < -0.3 is 14.3 Å². The molecule has 8 heteroatoms. The van der Waals surface area contributed by atoms with Crippen molar-refractivity contribution in [3.8, 4) is 0 Å². The molecule has 3 aromatic rings. The maximum Gasteiger partial charge on any atom is 0.257 e. The summed E-state index contributed by atoms with van der Waals surface area (Å²) in [5, 5.41) is 15.0. The highest BCUT2D eigenvalue weighted by Crippen LogP contribution is 2.18. The van der Waals surface area contributed by atoms with Gasteiger partial charge in [0.25, 0.3) is 5.91 Å². The third-order valence-electron chi connectivity index (χ3n) is 3.45. The zero-order chi connectivity index (χ0) is 15.9. The van der Waals surface area contributed by atoms with Crippen molar-refractivity contribution in [1.82, 2.24) is 29.7 Å². The summed E-state index contributed by atoms with van der Waals surface area (Å²) in [6.45, 7) is 5.75. The van der Waals surface area contributed by atoms with Gasteiger partial charge >= 0.3 is 0 Å². The van der Waals surface area contributed by atoms with Gasteiger partial charge in [-0.15, -0.1) is 10.2 Å². The number of fused-ring (bicyclic) bond motifs is 1. The number of aryl methyl sites for hydroxylation is 1. The van der Waals surface area contributed by atoms with Gasteiger partial charge in [-0.05, 0) is 6.92 Å². The van der Waals surface area contributed by atoms with E-state index in [2.05, 4.69) is 20.6 Å². The molecule has 0 aliphatic heterocycles. The molecule has 0 saturated heterocycles. The number of hydrogen-bond acceptors (Lipinski definition) is 5. The molecular weight excluding hydrogens is 284 g/mol. The molecule has 0 radical (unpaired) electrons. The van der Waals surface area contributed by atoms with Crippen LogP contribution in [0.15, 0.2) is 23.0 Å². The van der Waals surface area contributed by atoms with Crippen molar-refractivity contribution in [2.45, 2.75) is 32.7 Å². The average molecular weight is 302 g/mol. The lowest BCUT2D eigenvalue weighted by atomic mass is 10.2. The van der Waals surface area contributed by atoms with Crippen LogP contribution < -0.4 is 5.32 Å². The number of imidazole rings is 1. The lowest BCUT2D eigenvalue weighted by molar-refractivity contribution is 0.0935. The second-order valence-corrected chi connectivity index (χ2v) is 5.56. The van der Waals surface area contributed by atoms with E-state index in [1.807, 2.05) is 31.7 Å². The predicted octanol–water partition coefficient (Wildman–Crippen LogP) is 1.67. The summed E-state index contributed by atoms with van der Waals surface area (Å²) in [6, 6.07) is -0.372. The average Bonchev–Trinajstić information content (AvgIpc) is 3.15. The molecule has 0 fully saturated rings. The smallest absolute Gasteiger partial charge is 0.257 e. The van der Waals surface area contributed by atoms with Crippen LogP contribution in [-0.4, -0.2) is 30.3 Å². The minimum atomic E-state index is -0.372. The molecule has 1 amide bonds. The first-order chi connectivity index (χ1) is 10.5. The lowest BCUT2D eigenvalue weighted by Gasteiger charge is -2.09. The Labute approximate surface area is 127 Å². The van der Waals surface area contributed by atoms with Gasteiger partial charge in [-0.1, -0.05) is 13.8 Å². The SMILES string of the molecule is CC(C)c1nnc([C@@H](C)NC(=O)c2cnn3ccn(C)c23)o1. The van der Waals surface area contributed by atoms with Gasteiger partial charge in [0.1, 0.15) is 17.3 Å². The summed E-state index contributed by atoms with van der Waals surface area (Å²) in [5.74, 6) is 0.884. The van der Waals surface area contributed by atoms with Crippen molar-refractivity contribution in [3.05, 3.63) is 35.9 Å². The fraction of sp³-hybridized carbons (Fsp3) is 0.429. The largest absolute Gasteiger partial charge is 0.423 e. The van der Waals surface area contributed by atoms with Crippen molar-refractivity contribution in [2.24, 2.45) is 7.05 Å². The molecule has 116 valence electrons. The fourth-order valence-electron chi connectivity index (χ4n) is 2.20. The van der Waals surface area contributed by atoms with Crippen LogP contribution in [0.25, 0.3) is 5.65 Å². The van der Waals surface area contributed by atoms with Crippen molar-refractivity contribution < 1.29 is 9.21 Å². The van der Waals surface area contributed by atoms with E-state index < -0.39 is 0 Å². The number of nitrogens with zero attached hydrogens (tertiary/aromatic N) is 5. The van der Waals surface area contributed by atoms with E-state index in [4.69, 9.17) is 4.42 Å². The number of aromatic nitrogens is 5. The summed E-state index contributed by atoms with van der Waals surface area (Å²) in [5.41, 5.74) is 1.24. The number of amides is 1. The monoisotopic (exact) mass is 302 g/mol. The van der Waals surface area contributed by atoms with Crippen LogP contribution in [0.2, 0.25) is 0 Å². The van der Waals surface area contributed by atoms with Crippen LogP contribution >= 0.6 is 0 Å². The lowest BCUT2D eigenvalue weighted by Crippen LogP contribution is -2.27. The Kier molecular flexibility index (Phi) is 3.44. The summed E-state index contributed by atoms with van der Waals surface area (Å²) < 4.78 is 9.06. The Balaban J connectivity index is 1.79. The molecule has 22 heavy (non-hydrogen) atoms. The zero-order valence-electron chi connectivity index (χ0n) is 12.9. The quantitative estimate of drug-likeness (QED) is 0.791. The van der Waals surface area contributed by atoms with Crippen LogP contribution in [0.1, 0.15) is 54.9 Å². The maximum absolute atomic E-state index is 12.4. The molecule has 1 N–H and O–H groups in total. The molecule has 0 aromatic carbocycles. The minimum Gasteiger partial charge on any atom is -0.423 e. The van der Waals surface area contributed by atoms with Crippen LogP contribution in [0, 0.1) is 0 Å². The predicted molar refractivity (Wildman–Crippen MR) is 78.4 cm³/mol. The number of rotatable bonds is 4. The van der Waals surface area contributed by atoms with Crippen molar-refractivity contribution in [1.29, 1.82) is 0 Å². The highest BCUT2D eigenvalue weighted by atomic mass is 16.4. The molecule has 0 unspecified atom stereocenters. The van der Waals surface area contributed by atoms with Gasteiger partial charge in [-0.25, -0.2) is 4.52 Å². The van der Waals surface area contributed by atoms with Gasteiger partial charge in [0, 0.05) is 25.4 Å². The highest BCUT2D eigenvalue weighted by Gasteiger charge is 2.21. The Bertz CT molecular complexity index is 812. The maximum atomic E-state index is 12.4. The number of nitrogens with one attached hydrogen (secondary N) is 1. The normalized spacial score (nSPS) is 13.0. The zero-order valence-corrected chi connectivity index (χ0v) is 12.9. The molecule has 0 spiro atoms. The van der Waals surface area contributed by atoms with Gasteiger partial charge in [0.05, 0.1) is 6.20 Å². The first kappa shape index (κ1) is 14.3. The molecule has 8 nitrogen and oxygen atoms in total. The highest BCUT2D eigenvalue weighted by molar-refractivity contribution is 5.99. The topological polar surface area (TPSA) is 90.3 Å². The van der Waals surface area contributed by atoms with E-state index in [1.54, 1.807) is 23.8 Å². The van der Waals surface area contributed by atoms with Crippen LogP contribution in [0.3, 0.4) is 0 Å². The molecule has 3 aromatic heterocycles. The first-order valence-electron chi connectivity index (χ1n) is 7.10. The van der Waals surface area contributed by atoms with E-state index in [0.717, 1.165) is 5.65 Å². The Morgan fingerprint density at radius 3 is 2.64 bits per heavy atom. The van der Waals surface area contributed by atoms with Gasteiger partial charge in [0.15, 0.2) is 0 Å². The molecule has 0 aliphatic carbocycles. The summed E-state index contributed by atoms with van der Waals surface area (Å²) >= 11 is 0. The Morgan fingerprint density at radius 1 is 1.23 bits per heavy atom. The molecule has 0 bridgehead atoms. The molecular formula is C14H18N6O2. The second-order valence-electron chi connectivity index (χ2n) is 5.56. The first-order valence-corrected chi connectivity index (χ1v) is 7.10. The van der Waals surface area contributed by atoms with Crippen molar-refractivity contribution in [2.75, 3.05) is 0 Å². The number of carbonyl (C=O) groups excluding carboxylic acids is 1. The minimum absolute atomic E-state index is 0.155. The van der Waals surface area contributed by atoms with E-state index in [1.165, 1.54) is 0 Å². The van der Waals surface area contributed by atoms with E-state index in [0.29, 0.717) is 17.3 Å². The third-order valence-corrected chi connectivity index (χ3v) is 3.45. The molecule has 3 rings (SSSR count). The summed E-state index contributed by atoms with van der Waals surface area (Å²) in [4.78, 5) is 12.4. The van der Waals surface area contributed by atoms with Crippen LogP contribution in [0.4, 0.5) is 0 Å². The molecule has 0 saturated carbocycles. The summed E-state index contributed by atoms with van der Waals surface area (Å²) in [6.07, 6.45) is 5.18.